The molecule has 2 atom stereocenters. The molecule has 0 aromatic heterocycles. The number of amides is 1. The van der Waals surface area contributed by atoms with Crippen LogP contribution < -0.4 is 11.1 Å². The lowest BCUT2D eigenvalue weighted by atomic mass is 10.0. The summed E-state index contributed by atoms with van der Waals surface area (Å²) in [5.41, 5.74) is 6.91. The normalized spacial score (nSPS) is 26.7. The summed E-state index contributed by atoms with van der Waals surface area (Å²) in [6.07, 6.45) is 1.19. The number of hydrogen-bond acceptors (Lipinski definition) is 4. The van der Waals surface area contributed by atoms with Gasteiger partial charge in [-0.1, -0.05) is 0 Å². The van der Waals surface area contributed by atoms with Crippen LogP contribution in [0.25, 0.3) is 0 Å². The minimum absolute atomic E-state index is 0.0902. The summed E-state index contributed by atoms with van der Waals surface area (Å²) in [6, 6.07) is 6.94. The number of ether oxygens (including phenoxy) is 2. The summed E-state index contributed by atoms with van der Waals surface area (Å²) in [5.74, 6) is 0. The molecular weight excluding hydrogens is 244 g/mol. The van der Waals surface area contributed by atoms with Crippen LogP contribution in [0.5, 0.6) is 0 Å². The number of nitrogens with two attached hydrogens (primary N) is 1. The van der Waals surface area contributed by atoms with Crippen LogP contribution >= 0.6 is 0 Å². The second kappa shape index (κ2) is 5.93. The second-order valence-corrected chi connectivity index (χ2v) is 5.00. The second-order valence-electron chi connectivity index (χ2n) is 5.00. The molecule has 5 nitrogen and oxygen atoms in total. The summed E-state index contributed by atoms with van der Waals surface area (Å²) in [6.45, 7) is 3.98. The molecule has 3 N–H and O–H groups in total. The quantitative estimate of drug-likeness (QED) is 0.805. The average molecular weight is 264 g/mol. The van der Waals surface area contributed by atoms with Crippen LogP contribution in [0.15, 0.2) is 24.3 Å². The van der Waals surface area contributed by atoms with E-state index in [0.29, 0.717) is 11.4 Å². The molecule has 1 saturated heterocycles. The maximum atomic E-state index is 11.8. The Morgan fingerprint density at radius 1 is 1.26 bits per heavy atom. The maximum Gasteiger partial charge on any atom is 0.411 e. The topological polar surface area (TPSA) is 73.6 Å². The Hall–Kier alpha value is -1.75. The third-order valence-electron chi connectivity index (χ3n) is 3.09. The van der Waals surface area contributed by atoms with Gasteiger partial charge in [0, 0.05) is 24.2 Å². The zero-order valence-electron chi connectivity index (χ0n) is 11.3. The number of carbonyl (C=O) groups excluding carboxylic acids is 1. The molecule has 1 aliphatic heterocycles. The van der Waals surface area contributed by atoms with Crippen molar-refractivity contribution in [1.29, 1.82) is 0 Å². The van der Waals surface area contributed by atoms with Crippen LogP contribution in [0.1, 0.15) is 26.7 Å². The van der Waals surface area contributed by atoms with Crippen molar-refractivity contribution < 1.29 is 14.3 Å². The van der Waals surface area contributed by atoms with Gasteiger partial charge in [0.1, 0.15) is 6.10 Å². The van der Waals surface area contributed by atoms with E-state index < -0.39 is 6.09 Å². The van der Waals surface area contributed by atoms with Crippen LogP contribution in [0.4, 0.5) is 16.2 Å². The number of nitrogen functional groups attached to an aromatic ring is 1. The molecule has 0 radical (unpaired) electrons. The molecule has 0 aliphatic carbocycles. The Bertz CT molecular complexity index is 423. The van der Waals surface area contributed by atoms with Crippen LogP contribution in [0, 0.1) is 0 Å². The van der Waals surface area contributed by atoms with Crippen LogP contribution in [0.2, 0.25) is 0 Å². The monoisotopic (exact) mass is 264 g/mol. The van der Waals surface area contributed by atoms with Crippen LogP contribution in [0.3, 0.4) is 0 Å². The fourth-order valence-corrected chi connectivity index (χ4v) is 2.31. The number of hydrogen-bond donors (Lipinski definition) is 2. The van der Waals surface area contributed by atoms with E-state index in [9.17, 15) is 4.79 Å². The minimum atomic E-state index is -0.434. The highest BCUT2D eigenvalue weighted by Crippen LogP contribution is 2.22. The zero-order valence-corrected chi connectivity index (χ0v) is 11.3. The molecule has 1 aliphatic rings. The van der Waals surface area contributed by atoms with Crippen molar-refractivity contribution in [3.8, 4) is 0 Å². The van der Waals surface area contributed by atoms with Crippen molar-refractivity contribution in [1.82, 2.24) is 0 Å². The molecule has 0 bridgehead atoms. The Morgan fingerprint density at radius 2 is 1.84 bits per heavy atom. The molecule has 19 heavy (non-hydrogen) atoms. The third-order valence-corrected chi connectivity index (χ3v) is 3.09. The van der Waals surface area contributed by atoms with Gasteiger partial charge in [0.2, 0.25) is 0 Å². The highest BCUT2D eigenvalue weighted by molar-refractivity contribution is 5.84. The van der Waals surface area contributed by atoms with Crippen molar-refractivity contribution in [2.75, 3.05) is 11.1 Å². The predicted molar refractivity (Wildman–Crippen MR) is 74.0 cm³/mol. The van der Waals surface area contributed by atoms with E-state index in [1.165, 1.54) is 0 Å². The van der Waals surface area contributed by atoms with Gasteiger partial charge in [-0.15, -0.1) is 0 Å². The zero-order chi connectivity index (χ0) is 13.8. The van der Waals surface area contributed by atoms with Crippen molar-refractivity contribution in [3.05, 3.63) is 24.3 Å². The van der Waals surface area contributed by atoms with Gasteiger partial charge < -0.3 is 15.2 Å². The Labute approximate surface area is 113 Å². The standard InChI is InChI=1S/C14H20N2O3/c1-9-7-13(8-10(2)18-9)19-14(17)16-12-5-3-11(15)4-6-12/h3-6,9-10,13H,7-8,15H2,1-2H3,(H,16,17). The molecule has 0 saturated carbocycles. The van der Waals surface area contributed by atoms with E-state index in [-0.39, 0.29) is 18.3 Å². The van der Waals surface area contributed by atoms with E-state index in [1.54, 1.807) is 24.3 Å². The van der Waals surface area contributed by atoms with E-state index in [1.807, 2.05) is 13.8 Å². The van der Waals surface area contributed by atoms with Crippen LogP contribution in [-0.4, -0.2) is 24.4 Å². The summed E-state index contributed by atoms with van der Waals surface area (Å²) in [7, 11) is 0. The summed E-state index contributed by atoms with van der Waals surface area (Å²) in [5, 5.41) is 2.69. The number of carbonyl (C=O) groups is 1. The number of rotatable bonds is 2. The minimum Gasteiger partial charge on any atom is -0.446 e. The Kier molecular flexibility index (Phi) is 4.27. The number of benzene rings is 1. The fourth-order valence-electron chi connectivity index (χ4n) is 2.31. The molecule has 5 heteroatoms. The predicted octanol–water partition coefficient (Wildman–Crippen LogP) is 2.77. The molecule has 1 aromatic carbocycles. The first-order chi connectivity index (χ1) is 9.02. The largest absolute Gasteiger partial charge is 0.446 e. The molecule has 1 aromatic rings. The first-order valence-corrected chi connectivity index (χ1v) is 6.51. The van der Waals surface area contributed by atoms with Gasteiger partial charge in [0.05, 0.1) is 12.2 Å². The highest BCUT2D eigenvalue weighted by Gasteiger charge is 2.27. The van der Waals surface area contributed by atoms with Gasteiger partial charge >= 0.3 is 6.09 Å². The smallest absolute Gasteiger partial charge is 0.411 e. The lowest BCUT2D eigenvalue weighted by Crippen LogP contribution is -2.36. The van der Waals surface area contributed by atoms with Crippen molar-refractivity contribution in [2.45, 2.75) is 45.0 Å². The molecule has 1 amide bonds. The van der Waals surface area contributed by atoms with Gasteiger partial charge in [-0.2, -0.15) is 0 Å². The molecule has 0 spiro atoms. The van der Waals surface area contributed by atoms with Gasteiger partial charge in [-0.3, -0.25) is 5.32 Å². The molecule has 104 valence electrons. The highest BCUT2D eigenvalue weighted by atomic mass is 16.6. The average Bonchev–Trinajstić information content (AvgIpc) is 2.30. The number of anilines is 2. The first kappa shape index (κ1) is 13.7. The maximum absolute atomic E-state index is 11.8. The SMILES string of the molecule is CC1CC(OC(=O)Nc2ccc(N)cc2)CC(C)O1. The molecule has 1 heterocycles. The van der Waals surface area contributed by atoms with Crippen molar-refractivity contribution >= 4 is 17.5 Å². The third kappa shape index (κ3) is 4.13. The summed E-state index contributed by atoms with van der Waals surface area (Å²) < 4.78 is 11.0. The van der Waals surface area contributed by atoms with E-state index >= 15 is 0 Å². The summed E-state index contributed by atoms with van der Waals surface area (Å²) >= 11 is 0. The molecule has 2 rings (SSSR count). The molecule has 2 unspecified atom stereocenters. The van der Waals surface area contributed by atoms with E-state index in [2.05, 4.69) is 5.32 Å². The van der Waals surface area contributed by atoms with Crippen molar-refractivity contribution in [2.24, 2.45) is 0 Å². The summed E-state index contributed by atoms with van der Waals surface area (Å²) in [4.78, 5) is 11.8. The van der Waals surface area contributed by atoms with Gasteiger partial charge in [0.25, 0.3) is 0 Å². The van der Waals surface area contributed by atoms with Crippen LogP contribution in [-0.2, 0) is 9.47 Å². The lowest BCUT2D eigenvalue weighted by molar-refractivity contribution is -0.0802. The first-order valence-electron chi connectivity index (χ1n) is 6.51. The Balaban J connectivity index is 1.85. The van der Waals surface area contributed by atoms with Gasteiger partial charge in [-0.25, -0.2) is 4.79 Å². The Morgan fingerprint density at radius 3 is 2.42 bits per heavy atom. The fraction of sp³-hybridized carbons (Fsp3) is 0.500. The number of nitrogens with one attached hydrogen (secondary N) is 1. The lowest BCUT2D eigenvalue weighted by Gasteiger charge is -2.31. The van der Waals surface area contributed by atoms with Gasteiger partial charge in [0.15, 0.2) is 0 Å². The molecular formula is C14H20N2O3. The molecule has 1 fully saturated rings. The van der Waals surface area contributed by atoms with E-state index in [0.717, 1.165) is 12.8 Å². The van der Waals surface area contributed by atoms with E-state index in [4.69, 9.17) is 15.2 Å². The van der Waals surface area contributed by atoms with Gasteiger partial charge in [-0.05, 0) is 38.1 Å². The van der Waals surface area contributed by atoms with Crippen molar-refractivity contribution in [3.63, 3.8) is 0 Å².